The second-order valence-corrected chi connectivity index (χ2v) is 4.84. The predicted molar refractivity (Wildman–Crippen MR) is 69.4 cm³/mol. The monoisotopic (exact) mass is 235 g/mol. The van der Waals surface area contributed by atoms with Gasteiger partial charge in [0.15, 0.2) is 5.75 Å². The zero-order valence-electron chi connectivity index (χ0n) is 10.6. The van der Waals surface area contributed by atoms with Gasteiger partial charge in [-0.15, -0.1) is 0 Å². The van der Waals surface area contributed by atoms with Crippen molar-refractivity contribution in [1.82, 2.24) is 4.98 Å². The fourth-order valence-electron chi connectivity index (χ4n) is 2.53. The molecular weight excluding hydrogens is 214 g/mol. The van der Waals surface area contributed by atoms with Crippen LogP contribution in [0.25, 0.3) is 0 Å². The largest absolute Gasteiger partial charge is 0.493 e. The molecule has 0 bridgehead atoms. The molecule has 1 aromatic heterocycles. The summed E-state index contributed by atoms with van der Waals surface area (Å²) in [6.45, 7) is 2.64. The number of aryl methyl sites for hydroxylation is 1. The van der Waals surface area contributed by atoms with Gasteiger partial charge in [0.2, 0.25) is 0 Å². The lowest BCUT2D eigenvalue weighted by Crippen LogP contribution is -2.42. The standard InChI is InChI=1S/C13H21N3O/c1-10-7-11(12(17-2)8-15-10)16-13(9-14)5-3-4-6-13/h7-8H,3-6,9,14H2,1-2H3,(H,15,16). The van der Waals surface area contributed by atoms with Crippen molar-refractivity contribution in [2.24, 2.45) is 5.73 Å². The van der Waals surface area contributed by atoms with Crippen LogP contribution in [-0.4, -0.2) is 24.2 Å². The van der Waals surface area contributed by atoms with Crippen LogP contribution in [0.15, 0.2) is 12.3 Å². The van der Waals surface area contributed by atoms with Gasteiger partial charge in [-0.3, -0.25) is 4.98 Å². The van der Waals surface area contributed by atoms with Crippen molar-refractivity contribution in [3.05, 3.63) is 18.0 Å². The lowest BCUT2D eigenvalue weighted by Gasteiger charge is -2.30. The van der Waals surface area contributed by atoms with Crippen LogP contribution in [0.5, 0.6) is 5.75 Å². The van der Waals surface area contributed by atoms with Crippen molar-refractivity contribution in [3.63, 3.8) is 0 Å². The fourth-order valence-corrected chi connectivity index (χ4v) is 2.53. The van der Waals surface area contributed by atoms with Crippen molar-refractivity contribution in [3.8, 4) is 5.75 Å². The number of hydrogen-bond donors (Lipinski definition) is 2. The Morgan fingerprint density at radius 1 is 1.47 bits per heavy atom. The highest BCUT2D eigenvalue weighted by atomic mass is 16.5. The summed E-state index contributed by atoms with van der Waals surface area (Å²) in [7, 11) is 1.67. The third-order valence-electron chi connectivity index (χ3n) is 3.58. The van der Waals surface area contributed by atoms with Gasteiger partial charge in [-0.2, -0.15) is 0 Å². The Bertz CT molecular complexity index is 386. The molecule has 17 heavy (non-hydrogen) atoms. The molecule has 1 aliphatic rings. The highest BCUT2D eigenvalue weighted by molar-refractivity contribution is 5.57. The Kier molecular flexibility index (Phi) is 3.52. The average molecular weight is 235 g/mol. The minimum atomic E-state index is 0.0427. The smallest absolute Gasteiger partial charge is 0.160 e. The molecule has 0 aliphatic heterocycles. The zero-order valence-corrected chi connectivity index (χ0v) is 10.6. The van der Waals surface area contributed by atoms with Crippen LogP contribution in [0.3, 0.4) is 0 Å². The Morgan fingerprint density at radius 3 is 2.76 bits per heavy atom. The molecule has 0 radical (unpaired) electrons. The van der Waals surface area contributed by atoms with Gasteiger partial charge in [0, 0.05) is 17.8 Å². The number of nitrogens with one attached hydrogen (secondary N) is 1. The number of anilines is 1. The van der Waals surface area contributed by atoms with Crippen LogP contribution in [0.2, 0.25) is 0 Å². The summed E-state index contributed by atoms with van der Waals surface area (Å²) in [5, 5.41) is 3.57. The number of hydrogen-bond acceptors (Lipinski definition) is 4. The van der Waals surface area contributed by atoms with Crippen LogP contribution < -0.4 is 15.8 Å². The van der Waals surface area contributed by atoms with E-state index in [0.29, 0.717) is 6.54 Å². The van der Waals surface area contributed by atoms with E-state index in [9.17, 15) is 0 Å². The van der Waals surface area contributed by atoms with Gasteiger partial charge in [-0.05, 0) is 25.8 Å². The fraction of sp³-hybridized carbons (Fsp3) is 0.615. The maximum atomic E-state index is 5.93. The summed E-state index contributed by atoms with van der Waals surface area (Å²) >= 11 is 0. The van der Waals surface area contributed by atoms with Crippen molar-refractivity contribution in [2.45, 2.75) is 38.1 Å². The molecule has 0 spiro atoms. The van der Waals surface area contributed by atoms with Crippen LogP contribution in [0.1, 0.15) is 31.4 Å². The molecule has 2 rings (SSSR count). The Hall–Kier alpha value is -1.29. The summed E-state index contributed by atoms with van der Waals surface area (Å²) in [6, 6.07) is 2.02. The first-order valence-electron chi connectivity index (χ1n) is 6.18. The molecule has 0 amide bonds. The quantitative estimate of drug-likeness (QED) is 0.839. The predicted octanol–water partition coefficient (Wildman–Crippen LogP) is 2.08. The summed E-state index contributed by atoms with van der Waals surface area (Å²) < 4.78 is 5.33. The molecule has 1 heterocycles. The number of pyridine rings is 1. The van der Waals surface area contributed by atoms with Crippen molar-refractivity contribution >= 4 is 5.69 Å². The Labute approximate surface area is 103 Å². The van der Waals surface area contributed by atoms with Gasteiger partial charge in [0.05, 0.1) is 19.0 Å². The molecule has 94 valence electrons. The molecule has 1 aromatic rings. The summed E-state index contributed by atoms with van der Waals surface area (Å²) in [5.41, 5.74) is 7.96. The van der Waals surface area contributed by atoms with Crippen molar-refractivity contribution in [2.75, 3.05) is 19.0 Å². The Morgan fingerprint density at radius 2 is 2.18 bits per heavy atom. The number of methoxy groups -OCH3 is 1. The number of nitrogens with zero attached hydrogens (tertiary/aromatic N) is 1. The lowest BCUT2D eigenvalue weighted by molar-refractivity contribution is 0.410. The van der Waals surface area contributed by atoms with E-state index >= 15 is 0 Å². The first-order chi connectivity index (χ1) is 8.19. The SMILES string of the molecule is COc1cnc(C)cc1NC1(CN)CCCC1. The molecule has 0 unspecified atom stereocenters. The third-order valence-corrected chi connectivity index (χ3v) is 3.58. The molecule has 0 aromatic carbocycles. The van der Waals surface area contributed by atoms with Crippen LogP contribution >= 0.6 is 0 Å². The van der Waals surface area contributed by atoms with Crippen LogP contribution in [0, 0.1) is 6.92 Å². The maximum Gasteiger partial charge on any atom is 0.160 e. The second-order valence-electron chi connectivity index (χ2n) is 4.84. The highest BCUT2D eigenvalue weighted by Gasteiger charge is 2.32. The molecule has 0 atom stereocenters. The van der Waals surface area contributed by atoms with Gasteiger partial charge in [0.1, 0.15) is 0 Å². The van der Waals surface area contributed by atoms with Crippen molar-refractivity contribution in [1.29, 1.82) is 0 Å². The molecule has 1 aliphatic carbocycles. The highest BCUT2D eigenvalue weighted by Crippen LogP contribution is 2.35. The van der Waals surface area contributed by atoms with Gasteiger partial charge in [0.25, 0.3) is 0 Å². The maximum absolute atomic E-state index is 5.93. The molecule has 1 fully saturated rings. The second kappa shape index (κ2) is 4.92. The van der Waals surface area contributed by atoms with Crippen LogP contribution in [0.4, 0.5) is 5.69 Å². The molecular formula is C13H21N3O. The average Bonchev–Trinajstić information content (AvgIpc) is 2.79. The topological polar surface area (TPSA) is 60.2 Å². The van der Waals surface area contributed by atoms with E-state index in [1.807, 2.05) is 13.0 Å². The van der Waals surface area contributed by atoms with E-state index in [1.165, 1.54) is 12.8 Å². The number of ether oxygens (including phenoxy) is 1. The normalized spacial score (nSPS) is 18.1. The number of rotatable bonds is 4. The first-order valence-corrected chi connectivity index (χ1v) is 6.18. The summed E-state index contributed by atoms with van der Waals surface area (Å²) in [4.78, 5) is 4.24. The molecule has 4 heteroatoms. The van der Waals surface area contributed by atoms with E-state index in [1.54, 1.807) is 13.3 Å². The molecule has 3 N–H and O–H groups in total. The minimum Gasteiger partial charge on any atom is -0.493 e. The third kappa shape index (κ3) is 2.52. The number of aromatic nitrogens is 1. The van der Waals surface area contributed by atoms with Gasteiger partial charge >= 0.3 is 0 Å². The van der Waals surface area contributed by atoms with E-state index in [4.69, 9.17) is 10.5 Å². The van der Waals surface area contributed by atoms with Gasteiger partial charge in [-0.1, -0.05) is 12.8 Å². The molecule has 0 saturated heterocycles. The summed E-state index contributed by atoms with van der Waals surface area (Å²) in [6.07, 6.45) is 6.52. The van der Waals surface area contributed by atoms with Crippen molar-refractivity contribution < 1.29 is 4.74 Å². The molecule has 4 nitrogen and oxygen atoms in total. The first kappa shape index (κ1) is 12.2. The van der Waals surface area contributed by atoms with E-state index in [0.717, 1.165) is 30.0 Å². The van der Waals surface area contributed by atoms with Crippen LogP contribution in [-0.2, 0) is 0 Å². The minimum absolute atomic E-state index is 0.0427. The lowest BCUT2D eigenvalue weighted by atomic mass is 9.97. The summed E-state index contributed by atoms with van der Waals surface area (Å²) in [5.74, 6) is 0.787. The van der Waals surface area contributed by atoms with Gasteiger partial charge < -0.3 is 15.8 Å². The van der Waals surface area contributed by atoms with E-state index in [-0.39, 0.29) is 5.54 Å². The van der Waals surface area contributed by atoms with E-state index in [2.05, 4.69) is 10.3 Å². The molecule has 1 saturated carbocycles. The van der Waals surface area contributed by atoms with Gasteiger partial charge in [-0.25, -0.2) is 0 Å². The zero-order chi connectivity index (χ0) is 12.3. The number of nitrogens with two attached hydrogens (primary N) is 1. The Balaban J connectivity index is 2.24. The van der Waals surface area contributed by atoms with E-state index < -0.39 is 0 Å².